The first-order valence-electron chi connectivity index (χ1n) is 5.86. The number of nitrogens with one attached hydrogen (secondary N) is 2. The van der Waals surface area contributed by atoms with E-state index < -0.39 is 0 Å². The van der Waals surface area contributed by atoms with Gasteiger partial charge in [-0.2, -0.15) is 5.10 Å². The second-order valence-electron chi connectivity index (χ2n) is 4.35. The van der Waals surface area contributed by atoms with Crippen LogP contribution in [0, 0.1) is 0 Å². The van der Waals surface area contributed by atoms with Crippen molar-refractivity contribution in [1.29, 1.82) is 0 Å². The van der Waals surface area contributed by atoms with Crippen molar-refractivity contribution in [3.8, 4) is 0 Å². The van der Waals surface area contributed by atoms with Crippen LogP contribution in [-0.4, -0.2) is 34.1 Å². The van der Waals surface area contributed by atoms with E-state index in [1.165, 1.54) is 0 Å². The van der Waals surface area contributed by atoms with Crippen molar-refractivity contribution in [2.45, 2.75) is 0 Å². The SMILES string of the molecule is C=C1NC(=S)NN=C1CN1C(=O)c2ccccc2C1=O. The van der Waals surface area contributed by atoms with Gasteiger partial charge in [0, 0.05) is 0 Å². The fraction of sp³-hybridized carbons (Fsp3) is 0.0769. The third kappa shape index (κ3) is 1.88. The average molecular weight is 286 g/mol. The third-order valence-corrected chi connectivity index (χ3v) is 3.28. The monoisotopic (exact) mass is 286 g/mol. The summed E-state index contributed by atoms with van der Waals surface area (Å²) in [5, 5.41) is 7.14. The third-order valence-electron chi connectivity index (χ3n) is 3.09. The van der Waals surface area contributed by atoms with Crippen LogP contribution in [0.5, 0.6) is 0 Å². The molecule has 0 saturated heterocycles. The van der Waals surface area contributed by atoms with Crippen molar-refractivity contribution < 1.29 is 9.59 Å². The minimum Gasteiger partial charge on any atom is -0.330 e. The van der Waals surface area contributed by atoms with E-state index in [4.69, 9.17) is 12.2 Å². The van der Waals surface area contributed by atoms with E-state index in [-0.39, 0.29) is 18.4 Å². The van der Waals surface area contributed by atoms with Gasteiger partial charge in [-0.1, -0.05) is 18.7 Å². The molecule has 7 heteroatoms. The molecule has 0 fully saturated rings. The molecule has 1 aromatic rings. The summed E-state index contributed by atoms with van der Waals surface area (Å²) in [5.74, 6) is -0.650. The molecule has 1 aromatic carbocycles. The Labute approximate surface area is 120 Å². The zero-order chi connectivity index (χ0) is 14.3. The van der Waals surface area contributed by atoms with Crippen molar-refractivity contribution >= 4 is 34.9 Å². The topological polar surface area (TPSA) is 73.8 Å². The minimum absolute atomic E-state index is 0.0494. The first kappa shape index (κ1) is 12.5. The van der Waals surface area contributed by atoms with Crippen LogP contribution in [0.15, 0.2) is 41.6 Å². The van der Waals surface area contributed by atoms with Gasteiger partial charge in [0.25, 0.3) is 11.8 Å². The quantitative estimate of drug-likeness (QED) is 0.616. The van der Waals surface area contributed by atoms with Gasteiger partial charge >= 0.3 is 0 Å². The highest BCUT2D eigenvalue weighted by Crippen LogP contribution is 2.22. The molecule has 6 nitrogen and oxygen atoms in total. The predicted octanol–water partition coefficient (Wildman–Crippen LogP) is 0.630. The van der Waals surface area contributed by atoms with Crippen molar-refractivity contribution in [2.24, 2.45) is 5.10 Å². The van der Waals surface area contributed by atoms with E-state index in [9.17, 15) is 9.59 Å². The molecule has 0 aromatic heterocycles. The van der Waals surface area contributed by atoms with Crippen molar-refractivity contribution in [3.63, 3.8) is 0 Å². The first-order chi connectivity index (χ1) is 9.58. The summed E-state index contributed by atoms with van der Waals surface area (Å²) in [4.78, 5) is 25.6. The number of hydrazone groups is 1. The Hall–Kier alpha value is -2.54. The largest absolute Gasteiger partial charge is 0.330 e. The van der Waals surface area contributed by atoms with Crippen LogP contribution in [0.1, 0.15) is 20.7 Å². The average Bonchev–Trinajstić information content (AvgIpc) is 2.67. The number of benzene rings is 1. The maximum absolute atomic E-state index is 12.2. The summed E-state index contributed by atoms with van der Waals surface area (Å²) in [7, 11) is 0. The molecule has 2 N–H and O–H groups in total. The summed E-state index contributed by atoms with van der Waals surface area (Å²) in [6, 6.07) is 6.73. The van der Waals surface area contributed by atoms with Gasteiger partial charge in [0.2, 0.25) is 0 Å². The van der Waals surface area contributed by atoms with Gasteiger partial charge in [-0.15, -0.1) is 0 Å². The molecular weight excluding hydrogens is 276 g/mol. The molecule has 2 aliphatic heterocycles. The Morgan fingerprint density at radius 2 is 1.80 bits per heavy atom. The fourth-order valence-electron chi connectivity index (χ4n) is 2.09. The van der Waals surface area contributed by atoms with Crippen molar-refractivity contribution in [3.05, 3.63) is 47.7 Å². The van der Waals surface area contributed by atoms with Crippen molar-refractivity contribution in [2.75, 3.05) is 6.54 Å². The maximum atomic E-state index is 12.2. The van der Waals surface area contributed by atoms with Crippen LogP contribution in [0.3, 0.4) is 0 Å². The lowest BCUT2D eigenvalue weighted by Crippen LogP contribution is -2.45. The Bertz CT molecular complexity index is 660. The molecule has 0 unspecified atom stereocenters. The van der Waals surface area contributed by atoms with Crippen LogP contribution in [-0.2, 0) is 0 Å². The van der Waals surface area contributed by atoms with Gasteiger partial charge in [-0.05, 0) is 24.4 Å². The maximum Gasteiger partial charge on any atom is 0.261 e. The zero-order valence-electron chi connectivity index (χ0n) is 10.3. The van der Waals surface area contributed by atoms with E-state index in [0.717, 1.165) is 4.90 Å². The van der Waals surface area contributed by atoms with Gasteiger partial charge in [0.1, 0.15) is 5.71 Å². The van der Waals surface area contributed by atoms with E-state index in [1.807, 2.05) is 0 Å². The summed E-state index contributed by atoms with van der Waals surface area (Å²) in [6.45, 7) is 3.82. The number of fused-ring (bicyclic) bond motifs is 1. The predicted molar refractivity (Wildman–Crippen MR) is 77.3 cm³/mol. The molecule has 2 amide bonds. The molecule has 0 bridgehead atoms. The van der Waals surface area contributed by atoms with Gasteiger partial charge in [0.15, 0.2) is 5.11 Å². The zero-order valence-corrected chi connectivity index (χ0v) is 11.2. The van der Waals surface area contributed by atoms with Crippen LogP contribution in [0.25, 0.3) is 0 Å². The number of thiocarbonyl (C=S) groups is 1. The van der Waals surface area contributed by atoms with Crippen LogP contribution >= 0.6 is 12.2 Å². The summed E-state index contributed by atoms with van der Waals surface area (Å²) in [5.41, 5.74) is 4.35. The van der Waals surface area contributed by atoms with E-state index in [2.05, 4.69) is 22.4 Å². The number of rotatable bonds is 2. The van der Waals surface area contributed by atoms with E-state index in [0.29, 0.717) is 27.6 Å². The molecule has 2 aliphatic rings. The van der Waals surface area contributed by atoms with Gasteiger partial charge in [-0.3, -0.25) is 19.9 Å². The summed E-state index contributed by atoms with van der Waals surface area (Å²) in [6.07, 6.45) is 0. The van der Waals surface area contributed by atoms with E-state index in [1.54, 1.807) is 24.3 Å². The number of carbonyl (C=O) groups excluding carboxylic acids is 2. The normalized spacial score (nSPS) is 17.6. The lowest BCUT2D eigenvalue weighted by Gasteiger charge is -2.21. The first-order valence-corrected chi connectivity index (χ1v) is 6.27. The second kappa shape index (κ2) is 4.53. The fourth-order valence-corrected chi connectivity index (χ4v) is 2.26. The number of amides is 2. The Morgan fingerprint density at radius 1 is 1.20 bits per heavy atom. The van der Waals surface area contributed by atoms with E-state index >= 15 is 0 Å². The molecule has 0 radical (unpaired) electrons. The molecule has 0 aliphatic carbocycles. The lowest BCUT2D eigenvalue weighted by molar-refractivity contribution is 0.0677. The molecule has 0 atom stereocenters. The Kier molecular flexibility index (Phi) is 2.83. The Balaban J connectivity index is 1.87. The van der Waals surface area contributed by atoms with Crippen LogP contribution in [0.4, 0.5) is 0 Å². The number of hydrogen-bond donors (Lipinski definition) is 2. The smallest absolute Gasteiger partial charge is 0.261 e. The minimum atomic E-state index is -0.325. The molecule has 100 valence electrons. The van der Waals surface area contributed by atoms with Gasteiger partial charge < -0.3 is 5.32 Å². The highest BCUT2D eigenvalue weighted by Gasteiger charge is 2.36. The molecule has 20 heavy (non-hydrogen) atoms. The number of imide groups is 1. The Morgan fingerprint density at radius 3 is 2.35 bits per heavy atom. The summed E-state index contributed by atoms with van der Waals surface area (Å²) < 4.78 is 0. The highest BCUT2D eigenvalue weighted by atomic mass is 32.1. The van der Waals surface area contributed by atoms with Crippen LogP contribution < -0.4 is 10.7 Å². The molecular formula is C13H10N4O2S. The van der Waals surface area contributed by atoms with Crippen molar-refractivity contribution in [1.82, 2.24) is 15.6 Å². The molecule has 3 rings (SSSR count). The molecule has 0 saturated carbocycles. The number of hydrogen-bond acceptors (Lipinski definition) is 4. The second-order valence-corrected chi connectivity index (χ2v) is 4.75. The molecule has 0 spiro atoms. The standard InChI is InChI=1S/C13H10N4O2S/c1-7-10(15-16-13(20)14-7)6-17-11(18)8-4-2-3-5-9(8)12(17)19/h2-5H,1,6H2,(H2,14,16,20). The van der Waals surface area contributed by atoms with Gasteiger partial charge in [0.05, 0.1) is 23.4 Å². The van der Waals surface area contributed by atoms with Gasteiger partial charge in [-0.25, -0.2) is 0 Å². The highest BCUT2D eigenvalue weighted by molar-refractivity contribution is 7.80. The lowest BCUT2D eigenvalue weighted by atomic mass is 10.1. The number of nitrogens with zero attached hydrogens (tertiary/aromatic N) is 2. The molecule has 2 heterocycles. The number of carbonyl (C=O) groups is 2. The summed E-state index contributed by atoms with van der Waals surface area (Å²) >= 11 is 4.88. The van der Waals surface area contributed by atoms with Crippen LogP contribution in [0.2, 0.25) is 0 Å².